The summed E-state index contributed by atoms with van der Waals surface area (Å²) in [6.07, 6.45) is -4.53. The number of hydrogen-bond acceptors (Lipinski definition) is 4. The SMILES string of the molecule is O[C@H](CNc1cc(-c2ccc(C(F)(F)F)c(Cl)c2)ncn1)c1ccc(F)c(F)c1. The van der Waals surface area contributed by atoms with Crippen molar-refractivity contribution in [3.8, 4) is 11.3 Å². The van der Waals surface area contributed by atoms with Gasteiger partial charge in [-0.05, 0) is 29.8 Å². The van der Waals surface area contributed by atoms with E-state index in [9.17, 15) is 27.1 Å². The topological polar surface area (TPSA) is 58.0 Å². The Labute approximate surface area is 167 Å². The number of alkyl halides is 3. The van der Waals surface area contributed by atoms with Crippen LogP contribution in [0.2, 0.25) is 5.02 Å². The molecule has 0 saturated heterocycles. The predicted octanol–water partition coefficient (Wildman–Crippen LogP) is 5.24. The van der Waals surface area contributed by atoms with E-state index in [4.69, 9.17) is 11.6 Å². The molecule has 2 N–H and O–H groups in total. The molecule has 0 unspecified atom stereocenters. The summed E-state index contributed by atoms with van der Waals surface area (Å²) in [5.41, 5.74) is -0.139. The average Bonchev–Trinajstić information content (AvgIpc) is 2.67. The fourth-order valence-electron chi connectivity index (χ4n) is 2.55. The molecule has 4 nitrogen and oxygen atoms in total. The van der Waals surface area contributed by atoms with E-state index in [1.165, 1.54) is 24.5 Å². The van der Waals surface area contributed by atoms with Gasteiger partial charge >= 0.3 is 6.18 Å². The summed E-state index contributed by atoms with van der Waals surface area (Å²) < 4.78 is 64.7. The van der Waals surface area contributed by atoms with Crippen LogP contribution in [-0.4, -0.2) is 21.6 Å². The second kappa shape index (κ2) is 8.30. The zero-order chi connectivity index (χ0) is 21.2. The van der Waals surface area contributed by atoms with Gasteiger partial charge in [0.25, 0.3) is 0 Å². The maximum atomic E-state index is 13.3. The highest BCUT2D eigenvalue weighted by Crippen LogP contribution is 2.36. The average molecular weight is 430 g/mol. The fourth-order valence-corrected chi connectivity index (χ4v) is 2.84. The molecule has 0 fully saturated rings. The Morgan fingerprint density at radius 2 is 1.76 bits per heavy atom. The number of rotatable bonds is 5. The lowest BCUT2D eigenvalue weighted by Crippen LogP contribution is -2.13. The van der Waals surface area contributed by atoms with Crippen molar-refractivity contribution in [2.75, 3.05) is 11.9 Å². The molecule has 3 rings (SSSR count). The first-order chi connectivity index (χ1) is 13.6. The molecular weight excluding hydrogens is 417 g/mol. The number of hydrogen-bond donors (Lipinski definition) is 2. The summed E-state index contributed by atoms with van der Waals surface area (Å²) in [6, 6.07) is 7.74. The zero-order valence-electron chi connectivity index (χ0n) is 14.5. The number of halogens is 6. The smallest absolute Gasteiger partial charge is 0.387 e. The first-order valence-electron chi connectivity index (χ1n) is 8.21. The maximum absolute atomic E-state index is 13.3. The van der Waals surface area contributed by atoms with E-state index in [1.807, 2.05) is 0 Å². The third-order valence-electron chi connectivity index (χ3n) is 4.04. The molecular formula is C19H13ClF5N3O. The minimum atomic E-state index is -4.57. The van der Waals surface area contributed by atoms with Crippen molar-refractivity contribution in [1.29, 1.82) is 0 Å². The van der Waals surface area contributed by atoms with Gasteiger partial charge in [-0.1, -0.05) is 23.7 Å². The third kappa shape index (κ3) is 4.99. The van der Waals surface area contributed by atoms with Crippen LogP contribution in [0.15, 0.2) is 48.8 Å². The molecule has 2 aromatic carbocycles. The lowest BCUT2D eigenvalue weighted by molar-refractivity contribution is -0.137. The Morgan fingerprint density at radius 1 is 1.00 bits per heavy atom. The molecule has 0 aliphatic rings. The summed E-state index contributed by atoms with van der Waals surface area (Å²) in [6.45, 7) is -0.0741. The number of anilines is 1. The second-order valence-corrected chi connectivity index (χ2v) is 6.46. The van der Waals surface area contributed by atoms with Crippen LogP contribution in [0.25, 0.3) is 11.3 Å². The third-order valence-corrected chi connectivity index (χ3v) is 4.35. The fraction of sp³-hybridized carbons (Fsp3) is 0.158. The molecule has 10 heteroatoms. The standard InChI is InChI=1S/C19H13ClF5N3O/c20-13-5-10(1-3-12(13)19(23,24)25)16-7-18(28-9-27-16)26-8-17(29)11-2-4-14(21)15(22)6-11/h1-7,9,17,29H,8H2,(H,26,27,28)/t17-/m1/s1. The molecule has 0 radical (unpaired) electrons. The van der Waals surface area contributed by atoms with E-state index in [1.54, 1.807) is 0 Å². The lowest BCUT2D eigenvalue weighted by Gasteiger charge is -2.14. The molecule has 0 aliphatic heterocycles. The monoisotopic (exact) mass is 429 g/mol. The van der Waals surface area contributed by atoms with E-state index >= 15 is 0 Å². The summed E-state index contributed by atoms with van der Waals surface area (Å²) in [5, 5.41) is 12.5. The van der Waals surface area contributed by atoms with Crippen LogP contribution in [0.5, 0.6) is 0 Å². The van der Waals surface area contributed by atoms with Gasteiger partial charge in [-0.2, -0.15) is 13.2 Å². The van der Waals surface area contributed by atoms with Crippen molar-refractivity contribution in [3.63, 3.8) is 0 Å². The Hall–Kier alpha value is -2.78. The lowest BCUT2D eigenvalue weighted by atomic mass is 10.1. The number of nitrogens with zero attached hydrogens (tertiary/aromatic N) is 2. The van der Waals surface area contributed by atoms with Crippen LogP contribution in [0.3, 0.4) is 0 Å². The van der Waals surface area contributed by atoms with E-state index in [2.05, 4.69) is 15.3 Å². The first kappa shape index (κ1) is 20.9. The first-order valence-corrected chi connectivity index (χ1v) is 8.59. The zero-order valence-corrected chi connectivity index (χ0v) is 15.3. The number of aliphatic hydroxyl groups excluding tert-OH is 1. The minimum Gasteiger partial charge on any atom is -0.387 e. The molecule has 0 aliphatic carbocycles. The summed E-state index contributed by atoms with van der Waals surface area (Å²) in [4.78, 5) is 7.97. The van der Waals surface area contributed by atoms with Gasteiger partial charge in [0, 0.05) is 18.2 Å². The highest BCUT2D eigenvalue weighted by Gasteiger charge is 2.33. The highest BCUT2D eigenvalue weighted by atomic mass is 35.5. The van der Waals surface area contributed by atoms with E-state index < -0.39 is 34.5 Å². The minimum absolute atomic E-state index is 0.0741. The van der Waals surface area contributed by atoms with E-state index in [0.717, 1.165) is 24.3 Å². The van der Waals surface area contributed by atoms with Crippen LogP contribution >= 0.6 is 11.6 Å². The molecule has 3 aromatic rings. The Morgan fingerprint density at radius 3 is 2.41 bits per heavy atom. The summed E-state index contributed by atoms with van der Waals surface area (Å²) >= 11 is 5.73. The normalized spacial score (nSPS) is 12.7. The number of benzene rings is 2. The molecule has 29 heavy (non-hydrogen) atoms. The quantitative estimate of drug-likeness (QED) is 0.545. The molecule has 0 amide bonds. The Bertz CT molecular complexity index is 1030. The molecule has 0 bridgehead atoms. The van der Waals surface area contributed by atoms with Crippen LogP contribution in [0, 0.1) is 11.6 Å². The van der Waals surface area contributed by atoms with Gasteiger partial charge in [-0.15, -0.1) is 0 Å². The number of nitrogens with one attached hydrogen (secondary N) is 1. The molecule has 0 spiro atoms. The van der Waals surface area contributed by atoms with Crippen LogP contribution in [0.4, 0.5) is 27.8 Å². The highest BCUT2D eigenvalue weighted by molar-refractivity contribution is 6.31. The largest absolute Gasteiger partial charge is 0.417 e. The molecule has 1 heterocycles. The van der Waals surface area contributed by atoms with Gasteiger partial charge in [0.2, 0.25) is 0 Å². The van der Waals surface area contributed by atoms with Crippen molar-refractivity contribution < 1.29 is 27.1 Å². The summed E-state index contributed by atoms with van der Waals surface area (Å²) in [7, 11) is 0. The van der Waals surface area contributed by atoms with Crippen molar-refractivity contribution in [1.82, 2.24) is 9.97 Å². The van der Waals surface area contributed by atoms with Crippen molar-refractivity contribution in [2.24, 2.45) is 0 Å². The Balaban J connectivity index is 1.74. The maximum Gasteiger partial charge on any atom is 0.417 e. The molecule has 1 atom stereocenters. The van der Waals surface area contributed by atoms with Gasteiger partial charge in [-0.3, -0.25) is 0 Å². The molecule has 0 saturated carbocycles. The van der Waals surface area contributed by atoms with Gasteiger partial charge in [0.15, 0.2) is 11.6 Å². The Kier molecular flexibility index (Phi) is 5.99. The van der Waals surface area contributed by atoms with Gasteiger partial charge in [-0.25, -0.2) is 18.7 Å². The molecule has 1 aromatic heterocycles. The van der Waals surface area contributed by atoms with Crippen LogP contribution < -0.4 is 5.32 Å². The predicted molar refractivity (Wildman–Crippen MR) is 97.3 cm³/mol. The number of aliphatic hydroxyl groups is 1. The van der Waals surface area contributed by atoms with Gasteiger partial charge in [0.1, 0.15) is 12.1 Å². The second-order valence-electron chi connectivity index (χ2n) is 6.05. The van der Waals surface area contributed by atoms with E-state index in [-0.39, 0.29) is 17.9 Å². The van der Waals surface area contributed by atoms with Crippen molar-refractivity contribution in [3.05, 3.63) is 76.6 Å². The van der Waals surface area contributed by atoms with Crippen molar-refractivity contribution >= 4 is 17.4 Å². The van der Waals surface area contributed by atoms with Crippen LogP contribution in [0.1, 0.15) is 17.2 Å². The van der Waals surface area contributed by atoms with Gasteiger partial charge < -0.3 is 10.4 Å². The van der Waals surface area contributed by atoms with E-state index in [0.29, 0.717) is 11.3 Å². The summed E-state index contributed by atoms with van der Waals surface area (Å²) in [5.74, 6) is -1.83. The van der Waals surface area contributed by atoms with Crippen LogP contribution in [-0.2, 0) is 6.18 Å². The van der Waals surface area contributed by atoms with Crippen molar-refractivity contribution in [2.45, 2.75) is 12.3 Å². The number of aromatic nitrogens is 2. The van der Waals surface area contributed by atoms with Gasteiger partial charge in [0.05, 0.1) is 22.4 Å². The molecule has 152 valence electrons.